The molecule has 7 nitrogen and oxygen atoms in total. The highest BCUT2D eigenvalue weighted by molar-refractivity contribution is 5.95. The Balaban J connectivity index is 1.42. The lowest BCUT2D eigenvalue weighted by molar-refractivity contribution is -0.137. The molecule has 10 heteroatoms. The van der Waals surface area contributed by atoms with Crippen molar-refractivity contribution in [3.05, 3.63) is 71.5 Å². The molecule has 1 fully saturated rings. The first-order valence-electron chi connectivity index (χ1n) is 10.3. The van der Waals surface area contributed by atoms with E-state index < -0.39 is 11.7 Å². The van der Waals surface area contributed by atoms with E-state index in [2.05, 4.69) is 20.3 Å². The molecule has 0 saturated heterocycles. The van der Waals surface area contributed by atoms with Crippen LogP contribution < -0.4 is 11.1 Å². The number of hydrogen-bond donors (Lipinski definition) is 2. The van der Waals surface area contributed by atoms with Crippen molar-refractivity contribution >= 4 is 22.9 Å². The van der Waals surface area contributed by atoms with Crippen molar-refractivity contribution in [2.45, 2.75) is 31.6 Å². The third-order valence-electron chi connectivity index (χ3n) is 5.44. The van der Waals surface area contributed by atoms with Gasteiger partial charge in [-0.15, -0.1) is 0 Å². The summed E-state index contributed by atoms with van der Waals surface area (Å²) in [6, 6.07) is 12.1. The van der Waals surface area contributed by atoms with Gasteiger partial charge in [0.1, 0.15) is 5.52 Å². The number of anilines is 1. The van der Waals surface area contributed by atoms with E-state index in [4.69, 9.17) is 5.73 Å². The normalized spacial score (nSPS) is 13.9. The molecular weight excluding hydrogens is 433 g/mol. The molecule has 1 saturated carbocycles. The van der Waals surface area contributed by atoms with E-state index in [0.29, 0.717) is 33.7 Å². The molecule has 0 radical (unpaired) electrons. The number of halogens is 3. The second kappa shape index (κ2) is 7.88. The van der Waals surface area contributed by atoms with Crippen molar-refractivity contribution in [3.8, 4) is 11.4 Å². The summed E-state index contributed by atoms with van der Waals surface area (Å²) in [6.45, 7) is 0.269. The molecule has 3 N–H and O–H groups in total. The van der Waals surface area contributed by atoms with Crippen LogP contribution >= 0.6 is 0 Å². The van der Waals surface area contributed by atoms with Gasteiger partial charge in [0.05, 0.1) is 18.4 Å². The van der Waals surface area contributed by atoms with Gasteiger partial charge < -0.3 is 15.6 Å². The Labute approximate surface area is 186 Å². The molecule has 0 atom stereocenters. The minimum absolute atomic E-state index is 0.116. The SMILES string of the molecule is Nc1nc(-c2ccc(C(=O)NC3CC3)cc2)nc2c1ncn2Cc1ccc(C(F)(F)F)cc1. The van der Waals surface area contributed by atoms with Crippen LogP contribution in [0.5, 0.6) is 0 Å². The standard InChI is InChI=1S/C23H19F3N6O/c24-23(25,26)16-7-1-13(2-8-16)11-32-12-28-18-19(27)30-20(31-21(18)32)14-3-5-15(6-4-14)22(33)29-17-9-10-17/h1-8,12,17H,9-11H2,(H,29,33)(H2,27,30,31). The van der Waals surface area contributed by atoms with Crippen LogP contribution in [0.25, 0.3) is 22.6 Å². The van der Waals surface area contributed by atoms with E-state index in [1.165, 1.54) is 18.5 Å². The van der Waals surface area contributed by atoms with Crippen molar-refractivity contribution < 1.29 is 18.0 Å². The van der Waals surface area contributed by atoms with Crippen molar-refractivity contribution in [1.82, 2.24) is 24.8 Å². The Morgan fingerprint density at radius 2 is 1.76 bits per heavy atom. The number of amides is 1. The molecule has 5 rings (SSSR count). The smallest absolute Gasteiger partial charge is 0.382 e. The number of carbonyl (C=O) groups excluding carboxylic acids is 1. The summed E-state index contributed by atoms with van der Waals surface area (Å²) in [5.74, 6) is 0.439. The van der Waals surface area contributed by atoms with E-state index in [1.54, 1.807) is 28.8 Å². The Morgan fingerprint density at radius 1 is 1.06 bits per heavy atom. The molecule has 2 aromatic carbocycles. The van der Waals surface area contributed by atoms with Crippen LogP contribution in [0, 0.1) is 0 Å². The maximum absolute atomic E-state index is 12.8. The van der Waals surface area contributed by atoms with Gasteiger partial charge in [0.15, 0.2) is 17.3 Å². The molecular formula is C23H19F3N6O. The minimum atomic E-state index is -4.38. The third kappa shape index (κ3) is 4.36. The van der Waals surface area contributed by atoms with Gasteiger partial charge in [-0.3, -0.25) is 4.79 Å². The molecule has 2 aromatic heterocycles. The van der Waals surface area contributed by atoms with Gasteiger partial charge in [-0.2, -0.15) is 13.2 Å². The zero-order chi connectivity index (χ0) is 23.2. The highest BCUT2D eigenvalue weighted by Crippen LogP contribution is 2.29. The molecule has 1 aliphatic rings. The number of carbonyl (C=O) groups is 1. The van der Waals surface area contributed by atoms with Crippen molar-refractivity contribution in [1.29, 1.82) is 0 Å². The van der Waals surface area contributed by atoms with Gasteiger partial charge in [0.2, 0.25) is 0 Å². The average Bonchev–Trinajstić information content (AvgIpc) is 3.52. The van der Waals surface area contributed by atoms with Crippen LogP contribution in [0.1, 0.15) is 34.3 Å². The Hall–Kier alpha value is -3.95. The number of benzene rings is 2. The van der Waals surface area contributed by atoms with Gasteiger partial charge in [0.25, 0.3) is 5.91 Å². The third-order valence-corrected chi connectivity index (χ3v) is 5.44. The molecule has 0 bridgehead atoms. The molecule has 2 heterocycles. The monoisotopic (exact) mass is 452 g/mol. The molecule has 33 heavy (non-hydrogen) atoms. The fraction of sp³-hybridized carbons (Fsp3) is 0.217. The molecule has 0 unspecified atom stereocenters. The van der Waals surface area contributed by atoms with Crippen LogP contribution in [0.4, 0.5) is 19.0 Å². The topological polar surface area (TPSA) is 98.7 Å². The van der Waals surface area contributed by atoms with E-state index in [1.807, 2.05) is 0 Å². The zero-order valence-electron chi connectivity index (χ0n) is 17.3. The van der Waals surface area contributed by atoms with E-state index in [9.17, 15) is 18.0 Å². The maximum Gasteiger partial charge on any atom is 0.416 e. The first-order valence-corrected chi connectivity index (χ1v) is 10.3. The number of nitrogens with two attached hydrogens (primary N) is 1. The van der Waals surface area contributed by atoms with Crippen LogP contribution in [0.3, 0.4) is 0 Å². The number of nitrogen functional groups attached to an aromatic ring is 1. The summed E-state index contributed by atoms with van der Waals surface area (Å²) in [7, 11) is 0. The Bertz CT molecular complexity index is 1330. The fourth-order valence-corrected chi connectivity index (χ4v) is 3.47. The lowest BCUT2D eigenvalue weighted by Gasteiger charge is -2.09. The number of alkyl halides is 3. The molecule has 4 aromatic rings. The van der Waals surface area contributed by atoms with E-state index in [-0.39, 0.29) is 24.3 Å². The minimum Gasteiger partial charge on any atom is -0.382 e. The number of nitrogens with zero attached hydrogens (tertiary/aromatic N) is 4. The molecule has 1 aliphatic carbocycles. The van der Waals surface area contributed by atoms with Crippen LogP contribution in [-0.2, 0) is 12.7 Å². The molecule has 1 amide bonds. The number of aromatic nitrogens is 4. The maximum atomic E-state index is 12.8. The van der Waals surface area contributed by atoms with Gasteiger partial charge in [-0.05, 0) is 42.7 Å². The van der Waals surface area contributed by atoms with Gasteiger partial charge in [0, 0.05) is 17.2 Å². The molecule has 168 valence electrons. The quantitative estimate of drug-likeness (QED) is 0.476. The number of nitrogens with one attached hydrogen (secondary N) is 1. The van der Waals surface area contributed by atoms with Crippen molar-refractivity contribution in [3.63, 3.8) is 0 Å². The summed E-state index contributed by atoms with van der Waals surface area (Å²) in [5, 5.41) is 2.94. The Morgan fingerprint density at radius 3 is 2.39 bits per heavy atom. The second-order valence-corrected chi connectivity index (χ2v) is 8.00. The van der Waals surface area contributed by atoms with Gasteiger partial charge >= 0.3 is 6.18 Å². The molecule has 0 spiro atoms. The number of rotatable bonds is 5. The first-order chi connectivity index (χ1) is 15.8. The van der Waals surface area contributed by atoms with E-state index in [0.717, 1.165) is 25.0 Å². The summed E-state index contributed by atoms with van der Waals surface area (Å²) < 4.78 is 40.1. The summed E-state index contributed by atoms with van der Waals surface area (Å²) in [5.41, 5.74) is 8.15. The van der Waals surface area contributed by atoms with Crippen LogP contribution in [0.15, 0.2) is 54.9 Å². The number of hydrogen-bond acceptors (Lipinski definition) is 5. The largest absolute Gasteiger partial charge is 0.416 e. The highest BCUT2D eigenvalue weighted by Gasteiger charge is 2.30. The van der Waals surface area contributed by atoms with Crippen LogP contribution in [-0.4, -0.2) is 31.5 Å². The van der Waals surface area contributed by atoms with Crippen molar-refractivity contribution in [2.24, 2.45) is 0 Å². The summed E-state index contributed by atoms with van der Waals surface area (Å²) in [6.07, 6.45) is -0.832. The van der Waals surface area contributed by atoms with Crippen molar-refractivity contribution in [2.75, 3.05) is 5.73 Å². The summed E-state index contributed by atoms with van der Waals surface area (Å²) >= 11 is 0. The van der Waals surface area contributed by atoms with E-state index >= 15 is 0 Å². The van der Waals surface area contributed by atoms with Gasteiger partial charge in [-0.1, -0.05) is 24.3 Å². The summed E-state index contributed by atoms with van der Waals surface area (Å²) in [4.78, 5) is 25.4. The predicted molar refractivity (Wildman–Crippen MR) is 116 cm³/mol. The first kappa shape index (κ1) is 20.9. The van der Waals surface area contributed by atoms with Crippen LogP contribution in [0.2, 0.25) is 0 Å². The number of fused-ring (bicyclic) bond motifs is 1. The fourth-order valence-electron chi connectivity index (χ4n) is 3.47. The predicted octanol–water partition coefficient (Wildman–Crippen LogP) is 4.03. The lowest BCUT2D eigenvalue weighted by atomic mass is 10.1. The number of imidazole rings is 1. The zero-order valence-corrected chi connectivity index (χ0v) is 17.3. The average molecular weight is 452 g/mol. The lowest BCUT2D eigenvalue weighted by Crippen LogP contribution is -2.25. The highest BCUT2D eigenvalue weighted by atomic mass is 19.4. The second-order valence-electron chi connectivity index (χ2n) is 8.00. The van der Waals surface area contributed by atoms with Gasteiger partial charge in [-0.25, -0.2) is 15.0 Å². The Kier molecular flexibility index (Phi) is 4.99. The molecule has 0 aliphatic heterocycles.